The standard InChI is InChI=1S/C45H49ClN6O3S3/c1-49(2)23-22-38(30-56-39-9-4-3-5-10-39)52-31-47-57-44-27-40(19-21-43(44)52)58(54,55)48-45(53)34-15-20-42-33(26-34)14-18-37-29-50(24-25-51(37)42)28-35-8-6-7-11-41(35)32-12-16-36(46)17-13-32/h3-13,15-17,19-21,26-27,37-38,47H,14,18,22-25,28-31H2,1-2H3,(H,48,53)/t37-,38+/m0/s1. The molecule has 0 radical (unpaired) electrons. The zero-order chi connectivity index (χ0) is 40.2. The van der Waals surface area contributed by atoms with Gasteiger partial charge in [-0.3, -0.25) is 9.69 Å². The normalized spacial score (nSPS) is 17.3. The van der Waals surface area contributed by atoms with Crippen LogP contribution in [0.1, 0.15) is 34.3 Å². The molecule has 5 aromatic carbocycles. The number of halogens is 1. The third-order valence-corrected chi connectivity index (χ3v) is 14.8. The lowest BCUT2D eigenvalue weighted by molar-refractivity contribution is 0.0981. The van der Waals surface area contributed by atoms with Crippen LogP contribution in [0.5, 0.6) is 0 Å². The van der Waals surface area contributed by atoms with Crippen LogP contribution >= 0.6 is 35.3 Å². The molecule has 3 heterocycles. The van der Waals surface area contributed by atoms with E-state index in [1.807, 2.05) is 48.2 Å². The van der Waals surface area contributed by atoms with Crippen molar-refractivity contribution in [2.24, 2.45) is 0 Å². The zero-order valence-electron chi connectivity index (χ0n) is 32.8. The second-order valence-corrected chi connectivity index (χ2v) is 19.6. The third-order valence-electron chi connectivity index (χ3n) is 11.3. The van der Waals surface area contributed by atoms with Crippen molar-refractivity contribution in [3.05, 3.63) is 137 Å². The number of hydrogen-bond donors (Lipinski definition) is 2. The molecule has 13 heteroatoms. The molecule has 1 fully saturated rings. The number of fused-ring (bicyclic) bond motifs is 4. The SMILES string of the molecule is CN(C)CC[C@H](CSc1ccccc1)N1CNSc2cc(S(=O)(=O)NC(=O)c3ccc4c(c3)CC[C@H]3CN(Cc5ccccc5-c5ccc(Cl)cc5)CCN43)ccc21. The molecular weight excluding hydrogens is 804 g/mol. The van der Waals surface area contributed by atoms with Crippen LogP contribution in [0.15, 0.2) is 130 Å². The second kappa shape index (κ2) is 18.1. The number of carbonyl (C=O) groups excluding carboxylic acids is 1. The summed E-state index contributed by atoms with van der Waals surface area (Å²) in [6.07, 6.45) is 2.74. The van der Waals surface area contributed by atoms with Gasteiger partial charge >= 0.3 is 0 Å². The van der Waals surface area contributed by atoms with Crippen LogP contribution in [0.3, 0.4) is 0 Å². The van der Waals surface area contributed by atoms with E-state index in [4.69, 9.17) is 11.6 Å². The number of amides is 1. The maximum atomic E-state index is 13.7. The maximum Gasteiger partial charge on any atom is 0.265 e. The lowest BCUT2D eigenvalue weighted by Crippen LogP contribution is -2.54. The molecule has 0 saturated carbocycles. The fourth-order valence-corrected chi connectivity index (χ4v) is 11.3. The van der Waals surface area contributed by atoms with Gasteiger partial charge < -0.3 is 14.7 Å². The Kier molecular flexibility index (Phi) is 12.7. The van der Waals surface area contributed by atoms with Gasteiger partial charge in [0, 0.05) is 70.1 Å². The van der Waals surface area contributed by atoms with E-state index in [1.54, 1.807) is 18.2 Å². The molecule has 1 amide bonds. The van der Waals surface area contributed by atoms with Gasteiger partial charge in [0.05, 0.1) is 17.3 Å². The molecule has 3 aliphatic rings. The average molecular weight is 854 g/mol. The summed E-state index contributed by atoms with van der Waals surface area (Å²) >= 11 is 9.42. The monoisotopic (exact) mass is 852 g/mol. The molecule has 0 bridgehead atoms. The lowest BCUT2D eigenvalue weighted by Gasteiger charge is -2.46. The molecule has 302 valence electrons. The van der Waals surface area contributed by atoms with Gasteiger partial charge in [0.25, 0.3) is 15.9 Å². The minimum Gasteiger partial charge on any atom is -0.366 e. The van der Waals surface area contributed by atoms with Crippen LogP contribution in [0.4, 0.5) is 11.4 Å². The summed E-state index contributed by atoms with van der Waals surface area (Å²) in [6.45, 7) is 5.19. The Morgan fingerprint density at radius 3 is 2.53 bits per heavy atom. The first-order valence-corrected chi connectivity index (χ1v) is 23.4. The number of nitrogens with zero attached hydrogens (tertiary/aromatic N) is 4. The third kappa shape index (κ3) is 9.39. The molecule has 0 aromatic heterocycles. The minimum atomic E-state index is -4.13. The van der Waals surface area contributed by atoms with Crippen LogP contribution in [0, 0.1) is 0 Å². The first-order chi connectivity index (χ1) is 28.1. The number of rotatable bonds is 13. The van der Waals surface area contributed by atoms with Gasteiger partial charge in [-0.1, -0.05) is 66.2 Å². The smallest absolute Gasteiger partial charge is 0.265 e. The quantitative estimate of drug-likeness (QED) is 0.0893. The summed E-state index contributed by atoms with van der Waals surface area (Å²) in [5.74, 6) is 0.263. The highest BCUT2D eigenvalue weighted by Gasteiger charge is 2.33. The van der Waals surface area contributed by atoms with E-state index in [9.17, 15) is 13.2 Å². The maximum absolute atomic E-state index is 13.7. The fraction of sp³-hybridized carbons (Fsp3) is 0.311. The second-order valence-electron chi connectivity index (χ2n) is 15.4. The van der Waals surface area contributed by atoms with Crippen molar-refractivity contribution in [1.29, 1.82) is 0 Å². The number of benzene rings is 5. The Labute approximate surface area is 356 Å². The van der Waals surface area contributed by atoms with Crippen molar-refractivity contribution >= 4 is 62.6 Å². The zero-order valence-corrected chi connectivity index (χ0v) is 36.0. The van der Waals surface area contributed by atoms with E-state index >= 15 is 0 Å². The number of anilines is 2. The number of piperazine rings is 1. The van der Waals surface area contributed by atoms with Gasteiger partial charge in [0.15, 0.2) is 0 Å². The number of thioether (sulfide) groups is 1. The first-order valence-electron chi connectivity index (χ1n) is 19.8. The summed E-state index contributed by atoms with van der Waals surface area (Å²) in [4.78, 5) is 25.2. The van der Waals surface area contributed by atoms with Gasteiger partial charge in [-0.15, -0.1) is 11.8 Å². The summed E-state index contributed by atoms with van der Waals surface area (Å²) in [7, 11) is 0.0307. The highest BCUT2D eigenvalue weighted by molar-refractivity contribution is 7.99. The predicted molar refractivity (Wildman–Crippen MR) is 240 cm³/mol. The molecule has 58 heavy (non-hydrogen) atoms. The molecule has 0 unspecified atom stereocenters. The predicted octanol–water partition coefficient (Wildman–Crippen LogP) is 8.25. The van der Waals surface area contributed by atoms with E-state index in [1.165, 1.54) is 28.0 Å². The first kappa shape index (κ1) is 40.8. The largest absolute Gasteiger partial charge is 0.366 e. The van der Waals surface area contributed by atoms with Crippen LogP contribution in [-0.2, 0) is 23.0 Å². The molecule has 2 atom stereocenters. The Bertz CT molecular complexity index is 2350. The fourth-order valence-electron chi connectivity index (χ4n) is 8.22. The topological polar surface area (TPSA) is 88.2 Å². The van der Waals surface area contributed by atoms with Crippen LogP contribution in [-0.4, -0.2) is 88.9 Å². The molecule has 8 rings (SSSR count). The number of aryl methyl sites for hydroxylation is 1. The highest BCUT2D eigenvalue weighted by Crippen LogP contribution is 2.38. The molecule has 1 saturated heterocycles. The number of carbonyl (C=O) groups is 1. The number of sulfonamides is 1. The van der Waals surface area contributed by atoms with Gasteiger partial charge in [0.2, 0.25) is 0 Å². The van der Waals surface area contributed by atoms with Crippen molar-refractivity contribution in [3.63, 3.8) is 0 Å². The number of nitrogens with one attached hydrogen (secondary N) is 2. The molecular formula is C45H49ClN6O3S3. The number of hydrogen-bond acceptors (Lipinski definition) is 10. The van der Waals surface area contributed by atoms with Gasteiger partial charge in [0.1, 0.15) is 0 Å². The van der Waals surface area contributed by atoms with Crippen molar-refractivity contribution in [2.75, 3.05) is 62.5 Å². The van der Waals surface area contributed by atoms with E-state index < -0.39 is 15.9 Å². The summed E-state index contributed by atoms with van der Waals surface area (Å²) < 4.78 is 33.2. The van der Waals surface area contributed by atoms with E-state index in [0.29, 0.717) is 18.3 Å². The molecule has 2 N–H and O–H groups in total. The minimum absolute atomic E-state index is 0.0636. The van der Waals surface area contributed by atoms with Gasteiger partial charge in [-0.05, 0) is 135 Å². The molecule has 3 aliphatic heterocycles. The van der Waals surface area contributed by atoms with Gasteiger partial charge in [-0.2, -0.15) is 0 Å². The van der Waals surface area contributed by atoms with Crippen LogP contribution in [0.2, 0.25) is 5.02 Å². The lowest BCUT2D eigenvalue weighted by atomic mass is 9.92. The summed E-state index contributed by atoms with van der Waals surface area (Å²) in [5, 5.41) is 0.733. The van der Waals surface area contributed by atoms with E-state index in [2.05, 4.69) is 104 Å². The molecule has 0 aliphatic carbocycles. The summed E-state index contributed by atoms with van der Waals surface area (Å²) in [6, 6.07) is 38.4. The molecule has 9 nitrogen and oxygen atoms in total. The van der Waals surface area contributed by atoms with Crippen molar-refractivity contribution in [1.82, 2.24) is 19.2 Å². The Hall–Kier alpha value is -4.01. The average Bonchev–Trinajstić information content (AvgIpc) is 3.23. The van der Waals surface area contributed by atoms with Crippen LogP contribution in [0.25, 0.3) is 11.1 Å². The Balaban J connectivity index is 0.916. The van der Waals surface area contributed by atoms with Crippen molar-refractivity contribution in [3.8, 4) is 11.1 Å². The van der Waals surface area contributed by atoms with E-state index in [0.717, 1.165) is 90.2 Å². The van der Waals surface area contributed by atoms with Crippen LogP contribution < -0.4 is 19.2 Å². The van der Waals surface area contributed by atoms with Crippen molar-refractivity contribution < 1.29 is 13.2 Å². The highest BCUT2D eigenvalue weighted by atomic mass is 35.5. The van der Waals surface area contributed by atoms with Crippen molar-refractivity contribution in [2.45, 2.75) is 52.6 Å². The Morgan fingerprint density at radius 1 is 0.948 bits per heavy atom. The molecule has 5 aromatic rings. The Morgan fingerprint density at radius 2 is 1.72 bits per heavy atom. The summed E-state index contributed by atoms with van der Waals surface area (Å²) in [5.41, 5.74) is 7.23. The van der Waals surface area contributed by atoms with E-state index in [-0.39, 0.29) is 10.9 Å². The molecule has 0 spiro atoms. The van der Waals surface area contributed by atoms with Gasteiger partial charge in [-0.25, -0.2) is 17.9 Å².